The summed E-state index contributed by atoms with van der Waals surface area (Å²) in [5.41, 5.74) is 0.861. The second-order valence-electron chi connectivity index (χ2n) is 4.17. The number of nitriles is 1. The van der Waals surface area contributed by atoms with Gasteiger partial charge < -0.3 is 4.74 Å². The Labute approximate surface area is 129 Å². The Kier molecular flexibility index (Phi) is 4.66. The van der Waals surface area contributed by atoms with Crippen molar-refractivity contribution >= 4 is 21.9 Å². The van der Waals surface area contributed by atoms with E-state index in [1.807, 2.05) is 6.07 Å². The zero-order valence-electron chi connectivity index (χ0n) is 11.0. The first kappa shape index (κ1) is 15.1. The average Bonchev–Trinajstić information content (AvgIpc) is 2.52. The molecule has 0 saturated carbocycles. The Morgan fingerprint density at radius 2 is 2.19 bits per heavy atom. The zero-order chi connectivity index (χ0) is 15.4. The van der Waals surface area contributed by atoms with Crippen LogP contribution < -0.4 is 0 Å². The standard InChI is InChI=1S/C15H10BrFN2O2/c1-21-15(20)9-5-6-13(19-8-9)11(7-18)10-3-2-4-12(16)14(10)17/h2-6,8,11H,1H3. The minimum atomic E-state index is -0.853. The van der Waals surface area contributed by atoms with Crippen molar-refractivity contribution in [3.8, 4) is 6.07 Å². The lowest BCUT2D eigenvalue weighted by molar-refractivity contribution is 0.0600. The van der Waals surface area contributed by atoms with Crippen molar-refractivity contribution in [3.63, 3.8) is 0 Å². The van der Waals surface area contributed by atoms with Crippen molar-refractivity contribution in [2.45, 2.75) is 5.92 Å². The Hall–Kier alpha value is -2.26. The highest BCUT2D eigenvalue weighted by molar-refractivity contribution is 9.10. The van der Waals surface area contributed by atoms with Crippen LogP contribution in [0.1, 0.15) is 27.5 Å². The maximum absolute atomic E-state index is 14.1. The van der Waals surface area contributed by atoms with Crippen LogP contribution in [0.25, 0.3) is 0 Å². The van der Waals surface area contributed by atoms with E-state index in [9.17, 15) is 14.4 Å². The summed E-state index contributed by atoms with van der Waals surface area (Å²) >= 11 is 3.09. The number of halogens is 2. The second-order valence-corrected chi connectivity index (χ2v) is 5.02. The van der Waals surface area contributed by atoms with Crippen molar-refractivity contribution in [1.29, 1.82) is 5.26 Å². The van der Waals surface area contributed by atoms with Gasteiger partial charge in [0.15, 0.2) is 0 Å². The van der Waals surface area contributed by atoms with Gasteiger partial charge in [-0.1, -0.05) is 12.1 Å². The van der Waals surface area contributed by atoms with Crippen LogP contribution in [0.5, 0.6) is 0 Å². The number of carbonyl (C=O) groups is 1. The topological polar surface area (TPSA) is 63.0 Å². The van der Waals surface area contributed by atoms with Gasteiger partial charge in [-0.25, -0.2) is 9.18 Å². The Balaban J connectivity index is 2.41. The van der Waals surface area contributed by atoms with E-state index in [0.29, 0.717) is 5.69 Å². The molecule has 106 valence electrons. The van der Waals surface area contributed by atoms with Gasteiger partial charge in [0.05, 0.1) is 28.9 Å². The molecule has 0 amide bonds. The van der Waals surface area contributed by atoms with Crippen LogP contribution in [-0.4, -0.2) is 18.1 Å². The summed E-state index contributed by atoms with van der Waals surface area (Å²) < 4.78 is 18.9. The van der Waals surface area contributed by atoms with Gasteiger partial charge in [0.1, 0.15) is 11.7 Å². The second kappa shape index (κ2) is 6.46. The van der Waals surface area contributed by atoms with Crippen LogP contribution >= 0.6 is 15.9 Å². The Bertz CT molecular complexity index is 711. The van der Waals surface area contributed by atoms with E-state index in [1.165, 1.54) is 31.5 Å². The van der Waals surface area contributed by atoms with Crippen molar-refractivity contribution in [2.24, 2.45) is 0 Å². The van der Waals surface area contributed by atoms with Crippen molar-refractivity contribution in [3.05, 3.63) is 63.6 Å². The molecular weight excluding hydrogens is 339 g/mol. The monoisotopic (exact) mass is 348 g/mol. The third-order valence-electron chi connectivity index (χ3n) is 2.92. The molecule has 0 spiro atoms. The van der Waals surface area contributed by atoms with Crippen LogP contribution in [-0.2, 0) is 4.74 Å². The number of rotatable bonds is 3. The fraction of sp³-hybridized carbons (Fsp3) is 0.133. The summed E-state index contributed by atoms with van der Waals surface area (Å²) in [6.45, 7) is 0. The molecule has 0 fully saturated rings. The van der Waals surface area contributed by atoms with Gasteiger partial charge in [-0.05, 0) is 34.1 Å². The molecule has 1 heterocycles. The number of nitrogens with zero attached hydrogens (tertiary/aromatic N) is 2. The fourth-order valence-corrected chi connectivity index (χ4v) is 2.23. The van der Waals surface area contributed by atoms with Crippen LogP contribution in [0.4, 0.5) is 4.39 Å². The number of hydrogen-bond donors (Lipinski definition) is 0. The minimum absolute atomic E-state index is 0.227. The van der Waals surface area contributed by atoms with Gasteiger partial charge in [-0.2, -0.15) is 5.26 Å². The first-order valence-electron chi connectivity index (χ1n) is 5.96. The molecule has 0 saturated heterocycles. The fourth-order valence-electron chi connectivity index (χ4n) is 1.85. The van der Waals surface area contributed by atoms with Gasteiger partial charge in [-0.3, -0.25) is 4.98 Å². The van der Waals surface area contributed by atoms with Gasteiger partial charge in [0.2, 0.25) is 0 Å². The SMILES string of the molecule is COC(=O)c1ccc(C(C#N)c2cccc(Br)c2F)nc1. The molecule has 0 aliphatic carbocycles. The Morgan fingerprint density at radius 1 is 1.43 bits per heavy atom. The molecule has 0 aliphatic heterocycles. The molecule has 0 N–H and O–H groups in total. The molecule has 1 aromatic carbocycles. The molecule has 1 atom stereocenters. The molecule has 0 radical (unpaired) electrons. The van der Waals surface area contributed by atoms with Crippen LogP contribution in [0.2, 0.25) is 0 Å². The van der Waals surface area contributed by atoms with E-state index < -0.39 is 17.7 Å². The molecule has 2 aromatic rings. The predicted octanol–water partition coefficient (Wildman–Crippen LogP) is 3.43. The number of methoxy groups -OCH3 is 1. The third-order valence-corrected chi connectivity index (χ3v) is 3.54. The molecule has 1 unspecified atom stereocenters. The number of pyridine rings is 1. The summed E-state index contributed by atoms with van der Waals surface area (Å²) in [6, 6.07) is 9.77. The number of aromatic nitrogens is 1. The van der Waals surface area contributed by atoms with Crippen molar-refractivity contribution in [2.75, 3.05) is 7.11 Å². The van der Waals surface area contributed by atoms with Gasteiger partial charge in [0.25, 0.3) is 0 Å². The first-order chi connectivity index (χ1) is 10.1. The van der Waals surface area contributed by atoms with Crippen LogP contribution in [0, 0.1) is 17.1 Å². The van der Waals surface area contributed by atoms with Gasteiger partial charge >= 0.3 is 5.97 Å². The lowest BCUT2D eigenvalue weighted by Crippen LogP contribution is -2.07. The Morgan fingerprint density at radius 3 is 2.76 bits per heavy atom. The average molecular weight is 349 g/mol. The van der Waals surface area contributed by atoms with Gasteiger partial charge in [-0.15, -0.1) is 0 Å². The summed E-state index contributed by atoms with van der Waals surface area (Å²) in [7, 11) is 1.27. The van der Waals surface area contributed by atoms with E-state index in [-0.39, 0.29) is 15.6 Å². The number of hydrogen-bond acceptors (Lipinski definition) is 4. The van der Waals surface area contributed by atoms with E-state index in [1.54, 1.807) is 12.1 Å². The third kappa shape index (κ3) is 3.09. The quantitative estimate of drug-likeness (QED) is 0.797. The number of esters is 1. The van der Waals surface area contributed by atoms with E-state index >= 15 is 0 Å². The lowest BCUT2D eigenvalue weighted by atomic mass is 9.96. The largest absolute Gasteiger partial charge is 0.465 e. The molecule has 2 rings (SSSR count). The summed E-state index contributed by atoms with van der Waals surface area (Å²) in [4.78, 5) is 15.4. The van der Waals surface area contributed by atoms with Crippen LogP contribution in [0.15, 0.2) is 41.0 Å². The van der Waals surface area contributed by atoms with E-state index in [2.05, 4.69) is 25.7 Å². The van der Waals surface area contributed by atoms with Crippen molar-refractivity contribution < 1.29 is 13.9 Å². The highest BCUT2D eigenvalue weighted by Crippen LogP contribution is 2.28. The number of ether oxygens (including phenoxy) is 1. The maximum atomic E-state index is 14.1. The maximum Gasteiger partial charge on any atom is 0.339 e. The minimum Gasteiger partial charge on any atom is -0.465 e. The van der Waals surface area contributed by atoms with E-state index in [0.717, 1.165) is 0 Å². The normalized spacial score (nSPS) is 11.5. The lowest BCUT2D eigenvalue weighted by Gasteiger charge is -2.11. The molecule has 1 aromatic heterocycles. The van der Waals surface area contributed by atoms with Gasteiger partial charge in [0, 0.05) is 11.8 Å². The smallest absolute Gasteiger partial charge is 0.339 e. The molecule has 4 nitrogen and oxygen atoms in total. The van der Waals surface area contributed by atoms with Crippen LogP contribution in [0.3, 0.4) is 0 Å². The zero-order valence-corrected chi connectivity index (χ0v) is 12.6. The first-order valence-corrected chi connectivity index (χ1v) is 6.75. The summed E-state index contributed by atoms with van der Waals surface area (Å²) in [6.07, 6.45) is 1.31. The summed E-state index contributed by atoms with van der Waals surface area (Å²) in [5, 5.41) is 9.31. The highest BCUT2D eigenvalue weighted by Gasteiger charge is 2.20. The predicted molar refractivity (Wildman–Crippen MR) is 77.1 cm³/mol. The highest BCUT2D eigenvalue weighted by atomic mass is 79.9. The molecule has 0 bridgehead atoms. The molecular formula is C15H10BrFN2O2. The molecule has 6 heteroatoms. The number of carbonyl (C=O) groups excluding carboxylic acids is 1. The molecule has 21 heavy (non-hydrogen) atoms. The summed E-state index contributed by atoms with van der Waals surface area (Å²) in [5.74, 6) is -1.87. The van der Waals surface area contributed by atoms with E-state index in [4.69, 9.17) is 0 Å². The number of benzene rings is 1. The molecule has 0 aliphatic rings. The van der Waals surface area contributed by atoms with Crippen molar-refractivity contribution in [1.82, 2.24) is 4.98 Å².